The topological polar surface area (TPSA) is 29.3 Å². The summed E-state index contributed by atoms with van der Waals surface area (Å²) in [6.07, 6.45) is 3.91. The Morgan fingerprint density at radius 1 is 1.20 bits per heavy atom. The highest BCUT2D eigenvalue weighted by molar-refractivity contribution is 5.41. The molecule has 1 aromatic rings. The quantitative estimate of drug-likeness (QED) is 0.837. The highest BCUT2D eigenvalue weighted by Gasteiger charge is 2.23. The summed E-state index contributed by atoms with van der Waals surface area (Å²) in [4.78, 5) is 2.57. The lowest BCUT2D eigenvalue weighted by Crippen LogP contribution is -2.25. The molecule has 0 radical (unpaired) electrons. The number of hydrogen-bond acceptors (Lipinski definition) is 2. The number of nitrogens with zero attached hydrogens (tertiary/aromatic N) is 1. The van der Waals surface area contributed by atoms with Gasteiger partial charge in [0.05, 0.1) is 6.54 Å². The zero-order valence-electron chi connectivity index (χ0n) is 12.8. The Hall–Kier alpha value is -1.30. The van der Waals surface area contributed by atoms with Crippen molar-refractivity contribution < 1.29 is 0 Å². The van der Waals surface area contributed by atoms with Crippen molar-refractivity contribution in [2.75, 3.05) is 19.6 Å². The van der Waals surface area contributed by atoms with Crippen molar-refractivity contribution >= 4 is 0 Å². The van der Waals surface area contributed by atoms with Gasteiger partial charge >= 0.3 is 0 Å². The summed E-state index contributed by atoms with van der Waals surface area (Å²) in [5.41, 5.74) is 8.42. The Morgan fingerprint density at radius 3 is 2.80 bits per heavy atom. The number of likely N-dealkylation sites (tertiary alicyclic amines) is 1. The molecule has 2 heteroatoms. The predicted molar refractivity (Wildman–Crippen MR) is 85.3 cm³/mol. The lowest BCUT2D eigenvalue weighted by molar-refractivity contribution is 0.256. The first-order valence-electron chi connectivity index (χ1n) is 7.60. The minimum atomic E-state index is 0.423. The fourth-order valence-corrected chi connectivity index (χ4v) is 2.80. The zero-order chi connectivity index (χ0) is 14.4. The SMILES string of the molecule is CC1(C)CCCN(Cc2ccccc2C#CCN)CC1. The van der Waals surface area contributed by atoms with Crippen molar-refractivity contribution in [1.82, 2.24) is 4.90 Å². The second-order valence-corrected chi connectivity index (χ2v) is 6.46. The van der Waals surface area contributed by atoms with Gasteiger partial charge in [-0.1, -0.05) is 43.9 Å². The summed E-state index contributed by atoms with van der Waals surface area (Å²) in [6, 6.07) is 8.44. The van der Waals surface area contributed by atoms with E-state index in [2.05, 4.69) is 54.9 Å². The highest BCUT2D eigenvalue weighted by Crippen LogP contribution is 2.30. The van der Waals surface area contributed by atoms with Crippen molar-refractivity contribution in [3.05, 3.63) is 35.4 Å². The lowest BCUT2D eigenvalue weighted by Gasteiger charge is -2.23. The molecular formula is C18H26N2. The predicted octanol–water partition coefficient (Wildman–Crippen LogP) is 3.01. The first-order valence-corrected chi connectivity index (χ1v) is 7.60. The van der Waals surface area contributed by atoms with E-state index in [9.17, 15) is 0 Å². The van der Waals surface area contributed by atoms with Gasteiger partial charge in [-0.15, -0.1) is 0 Å². The molecule has 0 aromatic heterocycles. The monoisotopic (exact) mass is 270 g/mol. The normalized spacial score (nSPS) is 18.9. The van der Waals surface area contributed by atoms with E-state index >= 15 is 0 Å². The Morgan fingerprint density at radius 2 is 2.00 bits per heavy atom. The van der Waals surface area contributed by atoms with Crippen LogP contribution in [0.1, 0.15) is 44.2 Å². The second-order valence-electron chi connectivity index (χ2n) is 6.46. The van der Waals surface area contributed by atoms with Crippen LogP contribution in [0, 0.1) is 17.3 Å². The third-order valence-corrected chi connectivity index (χ3v) is 4.17. The first kappa shape index (κ1) is 15.1. The van der Waals surface area contributed by atoms with Crippen LogP contribution in [0.3, 0.4) is 0 Å². The van der Waals surface area contributed by atoms with Crippen LogP contribution in [0.25, 0.3) is 0 Å². The molecule has 1 aliphatic heterocycles. The largest absolute Gasteiger partial charge is 0.320 e. The van der Waals surface area contributed by atoms with Gasteiger partial charge in [-0.2, -0.15) is 0 Å². The van der Waals surface area contributed by atoms with Gasteiger partial charge in [0, 0.05) is 12.1 Å². The van der Waals surface area contributed by atoms with E-state index < -0.39 is 0 Å². The van der Waals surface area contributed by atoms with Gasteiger partial charge in [0.25, 0.3) is 0 Å². The molecule has 0 saturated carbocycles. The molecule has 0 bridgehead atoms. The maximum absolute atomic E-state index is 5.48. The lowest BCUT2D eigenvalue weighted by atomic mass is 9.85. The van der Waals surface area contributed by atoms with Gasteiger partial charge in [-0.25, -0.2) is 0 Å². The van der Waals surface area contributed by atoms with Crippen LogP contribution in [-0.2, 0) is 6.54 Å². The third kappa shape index (κ3) is 4.37. The Balaban J connectivity index is 2.06. The van der Waals surface area contributed by atoms with Crippen LogP contribution in [0.15, 0.2) is 24.3 Å². The molecule has 1 saturated heterocycles. The molecule has 108 valence electrons. The highest BCUT2D eigenvalue weighted by atomic mass is 15.1. The molecular weight excluding hydrogens is 244 g/mol. The van der Waals surface area contributed by atoms with Crippen molar-refractivity contribution in [3.63, 3.8) is 0 Å². The molecule has 2 N–H and O–H groups in total. The van der Waals surface area contributed by atoms with Gasteiger partial charge in [0.1, 0.15) is 0 Å². The number of benzene rings is 1. The van der Waals surface area contributed by atoms with E-state index in [0.29, 0.717) is 12.0 Å². The van der Waals surface area contributed by atoms with Crippen LogP contribution in [0.2, 0.25) is 0 Å². The maximum Gasteiger partial charge on any atom is 0.0555 e. The molecule has 1 aliphatic rings. The minimum Gasteiger partial charge on any atom is -0.320 e. The Bertz CT molecular complexity index is 494. The van der Waals surface area contributed by atoms with Crippen LogP contribution in [-0.4, -0.2) is 24.5 Å². The fraction of sp³-hybridized carbons (Fsp3) is 0.556. The molecule has 0 spiro atoms. The average molecular weight is 270 g/mol. The van der Waals surface area contributed by atoms with Crippen LogP contribution in [0.4, 0.5) is 0 Å². The molecule has 0 atom stereocenters. The molecule has 0 aliphatic carbocycles. The molecule has 1 heterocycles. The van der Waals surface area contributed by atoms with Gasteiger partial charge in [0.15, 0.2) is 0 Å². The van der Waals surface area contributed by atoms with E-state index in [-0.39, 0.29) is 0 Å². The van der Waals surface area contributed by atoms with E-state index in [1.54, 1.807) is 0 Å². The Labute approximate surface area is 123 Å². The summed E-state index contributed by atoms with van der Waals surface area (Å²) in [7, 11) is 0. The summed E-state index contributed by atoms with van der Waals surface area (Å²) >= 11 is 0. The Kier molecular flexibility index (Phi) is 5.23. The molecule has 0 amide bonds. The zero-order valence-corrected chi connectivity index (χ0v) is 12.8. The van der Waals surface area contributed by atoms with Crippen molar-refractivity contribution in [3.8, 4) is 11.8 Å². The summed E-state index contributed by atoms with van der Waals surface area (Å²) in [5, 5.41) is 0. The van der Waals surface area contributed by atoms with Crippen LogP contribution >= 0.6 is 0 Å². The van der Waals surface area contributed by atoms with E-state index in [1.165, 1.54) is 37.9 Å². The standard InChI is InChI=1S/C18H26N2/c1-18(2)10-6-13-20(14-11-18)15-17-8-4-3-7-16(17)9-5-12-19/h3-4,7-8H,6,10-15,19H2,1-2H3. The maximum atomic E-state index is 5.48. The smallest absolute Gasteiger partial charge is 0.0555 e. The van der Waals surface area contributed by atoms with Crippen molar-refractivity contribution in [2.45, 2.75) is 39.7 Å². The van der Waals surface area contributed by atoms with Gasteiger partial charge in [0.2, 0.25) is 0 Å². The van der Waals surface area contributed by atoms with Gasteiger partial charge in [-0.3, -0.25) is 4.90 Å². The molecule has 0 unspecified atom stereocenters. The van der Waals surface area contributed by atoms with E-state index in [4.69, 9.17) is 5.73 Å². The minimum absolute atomic E-state index is 0.423. The molecule has 1 aromatic carbocycles. The number of rotatable bonds is 2. The number of nitrogens with two attached hydrogens (primary N) is 1. The van der Waals surface area contributed by atoms with E-state index in [1.807, 2.05) is 0 Å². The van der Waals surface area contributed by atoms with Crippen LogP contribution in [0.5, 0.6) is 0 Å². The summed E-state index contributed by atoms with van der Waals surface area (Å²) in [5.74, 6) is 6.16. The molecule has 20 heavy (non-hydrogen) atoms. The third-order valence-electron chi connectivity index (χ3n) is 4.17. The van der Waals surface area contributed by atoms with E-state index in [0.717, 1.165) is 12.1 Å². The summed E-state index contributed by atoms with van der Waals surface area (Å²) < 4.78 is 0. The van der Waals surface area contributed by atoms with Crippen LogP contribution < -0.4 is 5.73 Å². The summed E-state index contributed by atoms with van der Waals surface area (Å²) in [6.45, 7) is 8.58. The molecule has 1 fully saturated rings. The second kappa shape index (κ2) is 6.92. The molecule has 2 rings (SSSR count). The first-order chi connectivity index (χ1) is 9.61. The fourth-order valence-electron chi connectivity index (χ4n) is 2.80. The number of hydrogen-bond donors (Lipinski definition) is 1. The van der Waals surface area contributed by atoms with Crippen molar-refractivity contribution in [1.29, 1.82) is 0 Å². The van der Waals surface area contributed by atoms with Crippen molar-refractivity contribution in [2.24, 2.45) is 11.1 Å². The molecule has 2 nitrogen and oxygen atoms in total. The van der Waals surface area contributed by atoms with Gasteiger partial charge in [-0.05, 0) is 49.4 Å². The average Bonchev–Trinajstić information content (AvgIpc) is 2.59. The van der Waals surface area contributed by atoms with Gasteiger partial charge < -0.3 is 5.73 Å².